The monoisotopic (exact) mass is 358 g/mol. The molecule has 3 N–H and O–H groups in total. The molecule has 1 aromatic carbocycles. The van der Waals surface area contributed by atoms with Gasteiger partial charge in [0.25, 0.3) is 5.91 Å². The predicted octanol–water partition coefficient (Wildman–Crippen LogP) is 2.40. The molecule has 3 atom stereocenters. The maximum absolute atomic E-state index is 11.6. The van der Waals surface area contributed by atoms with E-state index in [1.807, 2.05) is 17.8 Å². The van der Waals surface area contributed by atoms with Crippen LogP contribution in [0.4, 0.5) is 0 Å². The molecule has 7 heteroatoms. The Hall–Kier alpha value is -2.57. The summed E-state index contributed by atoms with van der Waals surface area (Å²) in [6.07, 6.45) is 5.30. The molecule has 2 aromatic rings. The smallest absolute Gasteiger partial charge is 0.252 e. The lowest BCUT2D eigenvalue weighted by atomic mass is 9.82. The molecule has 0 aliphatic heterocycles. The lowest BCUT2D eigenvalue weighted by Gasteiger charge is -2.34. The number of benzene rings is 1. The summed E-state index contributed by atoms with van der Waals surface area (Å²) >= 11 is 0. The second-order valence-corrected chi connectivity index (χ2v) is 7.06. The van der Waals surface area contributed by atoms with E-state index >= 15 is 0 Å². The largest absolute Gasteiger partial charge is 0.496 e. The van der Waals surface area contributed by atoms with Crippen molar-refractivity contribution in [1.82, 2.24) is 15.1 Å². The first kappa shape index (κ1) is 18.2. The first-order valence-electron chi connectivity index (χ1n) is 9.09. The van der Waals surface area contributed by atoms with E-state index < -0.39 is 5.91 Å². The molecule has 0 spiro atoms. The quantitative estimate of drug-likeness (QED) is 0.857. The van der Waals surface area contributed by atoms with Crippen LogP contribution in [-0.2, 0) is 4.79 Å². The number of nitrogens with two attached hydrogens (primary N) is 1. The highest BCUT2D eigenvalue weighted by Gasteiger charge is 2.30. The Morgan fingerprint density at radius 1 is 1.38 bits per heavy atom. The molecule has 1 aliphatic rings. The average Bonchev–Trinajstić information content (AvgIpc) is 3.02. The van der Waals surface area contributed by atoms with Crippen LogP contribution in [0.5, 0.6) is 5.75 Å². The van der Waals surface area contributed by atoms with Gasteiger partial charge in [-0.25, -0.2) is 0 Å². The van der Waals surface area contributed by atoms with Crippen molar-refractivity contribution in [2.75, 3.05) is 7.11 Å². The summed E-state index contributed by atoms with van der Waals surface area (Å²) in [5, 5.41) is 8.66. The molecule has 140 valence electrons. The zero-order chi connectivity index (χ0) is 18.8. The number of amides is 2. The molecule has 1 saturated carbocycles. The first-order valence-corrected chi connectivity index (χ1v) is 9.09. The van der Waals surface area contributed by atoms with E-state index in [9.17, 15) is 9.59 Å². The highest BCUT2D eigenvalue weighted by Crippen LogP contribution is 2.35. The molecule has 1 aliphatic carbocycles. The van der Waals surface area contributed by atoms with Crippen LogP contribution in [-0.4, -0.2) is 34.7 Å². The Morgan fingerprint density at radius 3 is 2.77 bits per heavy atom. The Balaban J connectivity index is 1.82. The minimum Gasteiger partial charge on any atom is -0.496 e. The van der Waals surface area contributed by atoms with Crippen molar-refractivity contribution in [1.29, 1.82) is 0 Å². The Morgan fingerprint density at radius 2 is 2.15 bits per heavy atom. The molecule has 1 heterocycles. The van der Waals surface area contributed by atoms with Crippen molar-refractivity contribution < 1.29 is 14.3 Å². The van der Waals surface area contributed by atoms with Crippen molar-refractivity contribution in [2.24, 2.45) is 11.7 Å². The van der Waals surface area contributed by atoms with Crippen LogP contribution >= 0.6 is 0 Å². The molecule has 1 unspecified atom stereocenters. The first-order chi connectivity index (χ1) is 12.4. The number of ether oxygens (including phenoxy) is 1. The maximum atomic E-state index is 11.6. The maximum Gasteiger partial charge on any atom is 0.252 e. The summed E-state index contributed by atoms with van der Waals surface area (Å²) in [4.78, 5) is 23.2. The van der Waals surface area contributed by atoms with Crippen LogP contribution in [0, 0.1) is 5.92 Å². The van der Waals surface area contributed by atoms with Crippen molar-refractivity contribution >= 4 is 22.7 Å². The SMILES string of the molecule is CCC(=O)NC1CC[C@@H](n2cc3cc(C(N)=O)c(OC)cc3n2)[C@H](C)C1. The molecule has 3 rings (SSSR count). The number of carbonyl (C=O) groups is 2. The third kappa shape index (κ3) is 3.52. The van der Waals surface area contributed by atoms with Crippen LogP contribution in [0.25, 0.3) is 10.9 Å². The topological polar surface area (TPSA) is 99.2 Å². The van der Waals surface area contributed by atoms with Gasteiger partial charge in [-0.15, -0.1) is 0 Å². The molecule has 0 bridgehead atoms. The second kappa shape index (κ2) is 7.35. The van der Waals surface area contributed by atoms with Gasteiger partial charge >= 0.3 is 0 Å². The van der Waals surface area contributed by atoms with Gasteiger partial charge in [0.05, 0.1) is 24.2 Å². The van der Waals surface area contributed by atoms with Gasteiger partial charge in [0.15, 0.2) is 0 Å². The van der Waals surface area contributed by atoms with Crippen molar-refractivity contribution in [2.45, 2.75) is 51.6 Å². The lowest BCUT2D eigenvalue weighted by molar-refractivity contribution is -0.121. The number of methoxy groups -OCH3 is 1. The van der Waals surface area contributed by atoms with Gasteiger partial charge in [-0.1, -0.05) is 13.8 Å². The molecule has 26 heavy (non-hydrogen) atoms. The fourth-order valence-electron chi connectivity index (χ4n) is 3.84. The normalized spacial score (nSPS) is 23.0. The van der Waals surface area contributed by atoms with E-state index in [2.05, 4.69) is 12.2 Å². The van der Waals surface area contributed by atoms with Gasteiger partial charge in [0.2, 0.25) is 5.91 Å². The molecular weight excluding hydrogens is 332 g/mol. The molecule has 1 aromatic heterocycles. The summed E-state index contributed by atoms with van der Waals surface area (Å²) < 4.78 is 7.25. The second-order valence-electron chi connectivity index (χ2n) is 7.06. The van der Waals surface area contributed by atoms with Crippen LogP contribution < -0.4 is 15.8 Å². The molecule has 0 radical (unpaired) electrons. The van der Waals surface area contributed by atoms with Gasteiger partial charge in [0, 0.05) is 30.1 Å². The molecule has 7 nitrogen and oxygen atoms in total. The third-order valence-corrected chi connectivity index (χ3v) is 5.26. The van der Waals surface area contributed by atoms with Gasteiger partial charge in [-0.3, -0.25) is 14.3 Å². The molecule has 1 fully saturated rings. The van der Waals surface area contributed by atoms with Gasteiger partial charge in [0.1, 0.15) is 5.75 Å². The number of aromatic nitrogens is 2. The van der Waals surface area contributed by atoms with Crippen LogP contribution in [0.2, 0.25) is 0 Å². The number of primary amides is 1. The summed E-state index contributed by atoms with van der Waals surface area (Å²) in [5.41, 5.74) is 6.58. The zero-order valence-electron chi connectivity index (χ0n) is 15.5. The Labute approximate surface area is 152 Å². The van der Waals surface area contributed by atoms with E-state index in [0.717, 1.165) is 30.2 Å². The standard InChI is InChI=1S/C19H26N4O3/c1-4-18(24)21-13-5-6-16(11(2)7-13)23-10-12-8-14(19(20)25)17(26-3)9-15(12)22-23/h8-11,13,16H,4-7H2,1-3H3,(H2,20,25)(H,21,24)/t11-,13?,16-/m1/s1. The number of fused-ring (bicyclic) bond motifs is 1. The van der Waals surface area contributed by atoms with Crippen molar-refractivity contribution in [3.05, 3.63) is 23.9 Å². The van der Waals surface area contributed by atoms with Gasteiger partial charge < -0.3 is 15.8 Å². The van der Waals surface area contributed by atoms with E-state index in [4.69, 9.17) is 15.6 Å². The Bertz CT molecular complexity index is 830. The van der Waals surface area contributed by atoms with Crippen LogP contribution in [0.15, 0.2) is 18.3 Å². The summed E-state index contributed by atoms with van der Waals surface area (Å²) in [6, 6.07) is 3.99. The van der Waals surface area contributed by atoms with E-state index in [1.165, 1.54) is 7.11 Å². The number of hydrogen-bond donors (Lipinski definition) is 2. The number of rotatable bonds is 5. The number of hydrogen-bond acceptors (Lipinski definition) is 4. The fraction of sp³-hybridized carbons (Fsp3) is 0.526. The van der Waals surface area contributed by atoms with Crippen LogP contribution in [0.1, 0.15) is 55.9 Å². The summed E-state index contributed by atoms with van der Waals surface area (Å²) in [7, 11) is 1.51. The molecule has 0 saturated heterocycles. The van der Waals surface area contributed by atoms with Gasteiger partial charge in [-0.2, -0.15) is 5.10 Å². The lowest BCUT2D eigenvalue weighted by Crippen LogP contribution is -2.40. The number of nitrogens with one attached hydrogen (secondary N) is 1. The number of nitrogens with zero attached hydrogens (tertiary/aromatic N) is 2. The zero-order valence-corrected chi connectivity index (χ0v) is 15.5. The summed E-state index contributed by atoms with van der Waals surface area (Å²) in [5.74, 6) is 0.417. The van der Waals surface area contributed by atoms with Crippen molar-refractivity contribution in [3.63, 3.8) is 0 Å². The highest BCUT2D eigenvalue weighted by molar-refractivity contribution is 6.00. The van der Waals surface area contributed by atoms with E-state index in [-0.39, 0.29) is 18.0 Å². The third-order valence-electron chi connectivity index (χ3n) is 5.26. The average molecular weight is 358 g/mol. The Kier molecular flexibility index (Phi) is 5.15. The molecule has 2 amide bonds. The predicted molar refractivity (Wildman–Crippen MR) is 99.1 cm³/mol. The highest BCUT2D eigenvalue weighted by atomic mass is 16.5. The van der Waals surface area contributed by atoms with Crippen molar-refractivity contribution in [3.8, 4) is 5.75 Å². The van der Waals surface area contributed by atoms with Crippen LogP contribution in [0.3, 0.4) is 0 Å². The fourth-order valence-corrected chi connectivity index (χ4v) is 3.84. The summed E-state index contributed by atoms with van der Waals surface area (Å²) in [6.45, 7) is 4.06. The number of carbonyl (C=O) groups excluding carboxylic acids is 2. The van der Waals surface area contributed by atoms with Gasteiger partial charge in [-0.05, 0) is 31.2 Å². The van der Waals surface area contributed by atoms with E-state index in [0.29, 0.717) is 23.7 Å². The minimum atomic E-state index is -0.517. The minimum absolute atomic E-state index is 0.108. The molecular formula is C19H26N4O3. The van der Waals surface area contributed by atoms with E-state index in [1.54, 1.807) is 12.1 Å².